The highest BCUT2D eigenvalue weighted by atomic mass is 16.5. The van der Waals surface area contributed by atoms with Gasteiger partial charge in [-0.1, -0.05) is 0 Å². The summed E-state index contributed by atoms with van der Waals surface area (Å²) < 4.78 is 10.6. The number of methoxy groups -OCH3 is 1. The van der Waals surface area contributed by atoms with Crippen molar-refractivity contribution in [3.63, 3.8) is 0 Å². The second-order valence-corrected chi connectivity index (χ2v) is 5.50. The molecule has 1 aliphatic heterocycles. The Labute approximate surface area is 106 Å². The standard InChI is InChI=1S/C13H28N2O2/c1-12-10-15(13(2,3)11-14-12)6-9-17-8-5-7-16-4/h12,14H,5-11H2,1-4H3. The van der Waals surface area contributed by atoms with Crippen molar-refractivity contribution >= 4 is 0 Å². The number of hydrogen-bond acceptors (Lipinski definition) is 4. The van der Waals surface area contributed by atoms with Crippen molar-refractivity contribution in [1.82, 2.24) is 10.2 Å². The first-order valence-electron chi connectivity index (χ1n) is 6.61. The molecule has 1 heterocycles. The molecule has 0 aromatic rings. The largest absolute Gasteiger partial charge is 0.385 e. The summed E-state index contributed by atoms with van der Waals surface area (Å²) >= 11 is 0. The van der Waals surface area contributed by atoms with Gasteiger partial charge in [-0.05, 0) is 27.2 Å². The van der Waals surface area contributed by atoms with Crippen LogP contribution in [0.2, 0.25) is 0 Å². The second-order valence-electron chi connectivity index (χ2n) is 5.50. The number of nitrogens with one attached hydrogen (secondary N) is 1. The Hall–Kier alpha value is -0.160. The van der Waals surface area contributed by atoms with E-state index in [1.807, 2.05) is 0 Å². The molecule has 17 heavy (non-hydrogen) atoms. The summed E-state index contributed by atoms with van der Waals surface area (Å²) in [6, 6.07) is 0.580. The molecular formula is C13H28N2O2. The van der Waals surface area contributed by atoms with Crippen LogP contribution in [0.5, 0.6) is 0 Å². The number of piperazine rings is 1. The third kappa shape index (κ3) is 5.34. The number of rotatable bonds is 7. The summed E-state index contributed by atoms with van der Waals surface area (Å²) in [5.74, 6) is 0. The maximum atomic E-state index is 5.62. The SMILES string of the molecule is COCCCOCCN1CC(C)NCC1(C)C. The van der Waals surface area contributed by atoms with Crippen molar-refractivity contribution in [3.05, 3.63) is 0 Å². The molecule has 1 aliphatic rings. The van der Waals surface area contributed by atoms with Crippen molar-refractivity contribution in [1.29, 1.82) is 0 Å². The third-order valence-electron chi connectivity index (χ3n) is 3.38. The lowest BCUT2D eigenvalue weighted by Crippen LogP contribution is -2.61. The minimum atomic E-state index is 0.238. The molecule has 102 valence electrons. The lowest BCUT2D eigenvalue weighted by atomic mass is 9.98. The van der Waals surface area contributed by atoms with Gasteiger partial charge in [-0.15, -0.1) is 0 Å². The van der Waals surface area contributed by atoms with Crippen molar-refractivity contribution in [3.8, 4) is 0 Å². The zero-order valence-corrected chi connectivity index (χ0v) is 11.8. The van der Waals surface area contributed by atoms with Gasteiger partial charge in [0, 0.05) is 51.5 Å². The van der Waals surface area contributed by atoms with Crippen molar-refractivity contribution < 1.29 is 9.47 Å². The summed E-state index contributed by atoms with van der Waals surface area (Å²) in [5.41, 5.74) is 0.238. The van der Waals surface area contributed by atoms with Gasteiger partial charge in [0.1, 0.15) is 0 Å². The van der Waals surface area contributed by atoms with E-state index < -0.39 is 0 Å². The fourth-order valence-corrected chi connectivity index (χ4v) is 2.15. The van der Waals surface area contributed by atoms with Crippen LogP contribution >= 0.6 is 0 Å². The topological polar surface area (TPSA) is 33.7 Å². The van der Waals surface area contributed by atoms with Crippen molar-refractivity contribution in [2.75, 3.05) is 46.6 Å². The van der Waals surface area contributed by atoms with Crippen LogP contribution in [0.15, 0.2) is 0 Å². The van der Waals surface area contributed by atoms with E-state index in [0.717, 1.165) is 45.9 Å². The molecule has 1 saturated heterocycles. The highest BCUT2D eigenvalue weighted by molar-refractivity contribution is 4.91. The van der Waals surface area contributed by atoms with E-state index in [2.05, 4.69) is 31.0 Å². The Balaban J connectivity index is 2.15. The van der Waals surface area contributed by atoms with Crippen LogP contribution in [0.25, 0.3) is 0 Å². The third-order valence-corrected chi connectivity index (χ3v) is 3.38. The number of hydrogen-bond donors (Lipinski definition) is 1. The van der Waals surface area contributed by atoms with Gasteiger partial charge in [-0.2, -0.15) is 0 Å². The molecule has 1 rings (SSSR count). The van der Waals surface area contributed by atoms with Crippen LogP contribution in [0.1, 0.15) is 27.2 Å². The van der Waals surface area contributed by atoms with Gasteiger partial charge in [0.15, 0.2) is 0 Å². The van der Waals surface area contributed by atoms with Gasteiger partial charge in [0.05, 0.1) is 6.61 Å². The average Bonchev–Trinajstić information content (AvgIpc) is 2.28. The normalized spacial score (nSPS) is 25.1. The molecular weight excluding hydrogens is 216 g/mol. The predicted octanol–water partition coefficient (Wildman–Crippen LogP) is 1.11. The van der Waals surface area contributed by atoms with Gasteiger partial charge in [0.25, 0.3) is 0 Å². The van der Waals surface area contributed by atoms with E-state index >= 15 is 0 Å². The molecule has 0 spiro atoms. The highest BCUT2D eigenvalue weighted by Gasteiger charge is 2.31. The van der Waals surface area contributed by atoms with Gasteiger partial charge in [0.2, 0.25) is 0 Å². The van der Waals surface area contributed by atoms with E-state index in [0.29, 0.717) is 6.04 Å². The maximum Gasteiger partial charge on any atom is 0.0593 e. The van der Waals surface area contributed by atoms with Gasteiger partial charge >= 0.3 is 0 Å². The number of ether oxygens (including phenoxy) is 2. The summed E-state index contributed by atoms with van der Waals surface area (Å²) in [5, 5.41) is 3.52. The minimum Gasteiger partial charge on any atom is -0.385 e. The van der Waals surface area contributed by atoms with E-state index in [1.54, 1.807) is 7.11 Å². The van der Waals surface area contributed by atoms with E-state index in [4.69, 9.17) is 9.47 Å². The molecule has 0 saturated carbocycles. The molecule has 4 nitrogen and oxygen atoms in total. The van der Waals surface area contributed by atoms with Crippen LogP contribution in [0, 0.1) is 0 Å². The van der Waals surface area contributed by atoms with Crippen LogP contribution < -0.4 is 5.32 Å². The molecule has 0 aromatic heterocycles. The summed E-state index contributed by atoms with van der Waals surface area (Å²) in [6.45, 7) is 12.4. The second kappa shape index (κ2) is 7.31. The molecule has 0 bridgehead atoms. The van der Waals surface area contributed by atoms with E-state index in [-0.39, 0.29) is 5.54 Å². The molecule has 0 aliphatic carbocycles. The maximum absolute atomic E-state index is 5.62. The molecule has 1 atom stereocenters. The first-order chi connectivity index (χ1) is 8.06. The zero-order chi connectivity index (χ0) is 12.7. The lowest BCUT2D eigenvalue weighted by molar-refractivity contribution is 0.0269. The van der Waals surface area contributed by atoms with Crippen LogP contribution in [0.4, 0.5) is 0 Å². The summed E-state index contributed by atoms with van der Waals surface area (Å²) in [4.78, 5) is 2.52. The molecule has 1 unspecified atom stereocenters. The Bertz CT molecular complexity index is 210. The summed E-state index contributed by atoms with van der Waals surface area (Å²) in [6.07, 6.45) is 0.984. The van der Waals surface area contributed by atoms with Gasteiger partial charge in [-0.3, -0.25) is 4.90 Å². The van der Waals surface area contributed by atoms with Crippen molar-refractivity contribution in [2.24, 2.45) is 0 Å². The van der Waals surface area contributed by atoms with Crippen molar-refractivity contribution in [2.45, 2.75) is 38.8 Å². The minimum absolute atomic E-state index is 0.238. The fourth-order valence-electron chi connectivity index (χ4n) is 2.15. The Kier molecular flexibility index (Phi) is 6.41. The fraction of sp³-hybridized carbons (Fsp3) is 1.00. The van der Waals surface area contributed by atoms with E-state index in [1.165, 1.54) is 0 Å². The van der Waals surface area contributed by atoms with E-state index in [9.17, 15) is 0 Å². The molecule has 0 radical (unpaired) electrons. The summed E-state index contributed by atoms with van der Waals surface area (Å²) in [7, 11) is 1.73. The van der Waals surface area contributed by atoms with Crippen LogP contribution in [-0.2, 0) is 9.47 Å². The molecule has 1 fully saturated rings. The quantitative estimate of drug-likeness (QED) is 0.680. The molecule has 0 amide bonds. The first kappa shape index (κ1) is 14.9. The highest BCUT2D eigenvalue weighted by Crippen LogP contribution is 2.17. The number of nitrogens with zero attached hydrogens (tertiary/aromatic N) is 1. The predicted molar refractivity (Wildman–Crippen MR) is 70.4 cm³/mol. The average molecular weight is 244 g/mol. The Morgan fingerprint density at radius 1 is 1.29 bits per heavy atom. The molecule has 4 heteroatoms. The Morgan fingerprint density at radius 3 is 2.76 bits per heavy atom. The van der Waals surface area contributed by atoms with Crippen LogP contribution in [0.3, 0.4) is 0 Å². The zero-order valence-electron chi connectivity index (χ0n) is 11.8. The van der Waals surface area contributed by atoms with Gasteiger partial charge < -0.3 is 14.8 Å². The monoisotopic (exact) mass is 244 g/mol. The molecule has 1 N–H and O–H groups in total. The Morgan fingerprint density at radius 2 is 2.06 bits per heavy atom. The first-order valence-corrected chi connectivity index (χ1v) is 6.61. The van der Waals surface area contributed by atoms with Gasteiger partial charge in [-0.25, -0.2) is 0 Å². The smallest absolute Gasteiger partial charge is 0.0593 e. The lowest BCUT2D eigenvalue weighted by Gasteiger charge is -2.45. The van der Waals surface area contributed by atoms with Crippen LogP contribution in [-0.4, -0.2) is 63.0 Å². The molecule has 0 aromatic carbocycles.